The molecule has 3 aromatic rings. The van der Waals surface area contributed by atoms with E-state index in [9.17, 15) is 9.59 Å². The number of amides is 1. The number of rotatable bonds is 4. The minimum Gasteiger partial charge on any atom is -0.353 e. The Kier molecular flexibility index (Phi) is 4.72. The number of nitrogens with zero attached hydrogens (tertiary/aromatic N) is 2. The topological polar surface area (TPSA) is 79.8 Å². The normalized spacial score (nSPS) is 15.6. The fraction of sp³-hybridized carbons (Fsp3) is 0.421. The molecule has 2 aromatic heterocycles. The molecule has 1 amide bonds. The molecule has 0 bridgehead atoms. The standard InChI is InChI=1S/C19H22N4O2S/c1-23-18(25)17-16(13-9-5-6-10-14(13)21-17)22-19(23)26-11-15(24)20-12-7-3-2-4-8-12/h5-6,9-10,12,21H,2-4,7-8,11H2,1H3,(H,20,24). The second-order valence-corrected chi connectivity index (χ2v) is 7.79. The van der Waals surface area contributed by atoms with E-state index in [1.54, 1.807) is 7.05 Å². The Labute approximate surface area is 155 Å². The van der Waals surface area contributed by atoms with Gasteiger partial charge in [0.2, 0.25) is 5.91 Å². The average Bonchev–Trinajstić information content (AvgIpc) is 3.03. The van der Waals surface area contributed by atoms with Crippen LogP contribution in [0.3, 0.4) is 0 Å². The molecule has 1 saturated carbocycles. The van der Waals surface area contributed by atoms with E-state index in [1.807, 2.05) is 24.3 Å². The maximum Gasteiger partial charge on any atom is 0.278 e. The van der Waals surface area contributed by atoms with Crippen LogP contribution in [0.1, 0.15) is 32.1 Å². The highest BCUT2D eigenvalue weighted by Gasteiger charge is 2.18. The minimum atomic E-state index is -0.124. The number of aromatic amines is 1. The number of H-pyrrole nitrogens is 1. The van der Waals surface area contributed by atoms with Crippen LogP contribution in [0.4, 0.5) is 0 Å². The SMILES string of the molecule is Cn1c(SCC(=O)NC2CCCCC2)nc2c([nH]c3ccccc32)c1=O. The van der Waals surface area contributed by atoms with Crippen LogP contribution >= 0.6 is 11.8 Å². The molecule has 4 rings (SSSR count). The smallest absolute Gasteiger partial charge is 0.278 e. The third-order valence-electron chi connectivity index (χ3n) is 4.99. The van der Waals surface area contributed by atoms with Gasteiger partial charge >= 0.3 is 0 Å². The van der Waals surface area contributed by atoms with Crippen molar-refractivity contribution in [2.24, 2.45) is 7.05 Å². The van der Waals surface area contributed by atoms with Crippen LogP contribution in [0.5, 0.6) is 0 Å². The summed E-state index contributed by atoms with van der Waals surface area (Å²) in [5, 5.41) is 4.59. The van der Waals surface area contributed by atoms with Gasteiger partial charge in [-0.2, -0.15) is 0 Å². The van der Waals surface area contributed by atoms with E-state index in [-0.39, 0.29) is 17.2 Å². The quantitative estimate of drug-likeness (QED) is 0.547. The summed E-state index contributed by atoms with van der Waals surface area (Å²) >= 11 is 1.31. The van der Waals surface area contributed by atoms with Crippen molar-refractivity contribution in [1.29, 1.82) is 0 Å². The number of hydrogen-bond donors (Lipinski definition) is 2. The number of carbonyl (C=O) groups excluding carboxylic acids is 1. The Balaban J connectivity index is 1.56. The van der Waals surface area contributed by atoms with Gasteiger partial charge in [-0.15, -0.1) is 0 Å². The van der Waals surface area contributed by atoms with Crippen LogP contribution in [0.15, 0.2) is 34.2 Å². The third kappa shape index (κ3) is 3.23. The number of fused-ring (bicyclic) bond motifs is 3. The molecule has 1 aromatic carbocycles. The highest BCUT2D eigenvalue weighted by molar-refractivity contribution is 7.99. The number of benzene rings is 1. The van der Waals surface area contributed by atoms with E-state index in [0.29, 0.717) is 22.2 Å². The Bertz CT molecular complexity index is 1020. The van der Waals surface area contributed by atoms with Crippen LogP contribution in [0, 0.1) is 0 Å². The van der Waals surface area contributed by atoms with Gasteiger partial charge in [0.1, 0.15) is 11.0 Å². The van der Waals surface area contributed by atoms with Crippen molar-refractivity contribution < 1.29 is 4.79 Å². The average molecular weight is 370 g/mol. The summed E-state index contributed by atoms with van der Waals surface area (Å²) in [5.41, 5.74) is 1.94. The molecule has 2 N–H and O–H groups in total. The van der Waals surface area contributed by atoms with Crippen molar-refractivity contribution in [2.75, 3.05) is 5.75 Å². The summed E-state index contributed by atoms with van der Waals surface area (Å²) in [4.78, 5) is 32.7. The summed E-state index contributed by atoms with van der Waals surface area (Å²) in [7, 11) is 1.70. The van der Waals surface area contributed by atoms with Crippen molar-refractivity contribution in [3.05, 3.63) is 34.6 Å². The molecule has 0 unspecified atom stereocenters. The lowest BCUT2D eigenvalue weighted by Gasteiger charge is -2.22. The molecule has 1 aliphatic carbocycles. The first kappa shape index (κ1) is 17.1. The fourth-order valence-electron chi connectivity index (χ4n) is 3.60. The summed E-state index contributed by atoms with van der Waals surface area (Å²) in [6.45, 7) is 0. The van der Waals surface area contributed by atoms with E-state index in [2.05, 4.69) is 15.3 Å². The lowest BCUT2D eigenvalue weighted by atomic mass is 9.95. The van der Waals surface area contributed by atoms with Gasteiger partial charge in [0, 0.05) is 24.0 Å². The van der Waals surface area contributed by atoms with Crippen molar-refractivity contribution in [2.45, 2.75) is 43.3 Å². The number of para-hydroxylation sites is 1. The van der Waals surface area contributed by atoms with Gasteiger partial charge in [0.25, 0.3) is 5.56 Å². The third-order valence-corrected chi connectivity index (χ3v) is 6.02. The van der Waals surface area contributed by atoms with E-state index in [1.165, 1.54) is 35.6 Å². The van der Waals surface area contributed by atoms with Crippen LogP contribution in [0.2, 0.25) is 0 Å². The lowest BCUT2D eigenvalue weighted by Crippen LogP contribution is -2.37. The molecule has 1 fully saturated rings. The van der Waals surface area contributed by atoms with Gasteiger partial charge in [-0.1, -0.05) is 49.2 Å². The number of carbonyl (C=O) groups is 1. The van der Waals surface area contributed by atoms with Crippen molar-refractivity contribution >= 4 is 39.6 Å². The van der Waals surface area contributed by atoms with Crippen LogP contribution < -0.4 is 10.9 Å². The van der Waals surface area contributed by atoms with E-state index in [4.69, 9.17) is 0 Å². The first-order valence-electron chi connectivity index (χ1n) is 9.03. The highest BCUT2D eigenvalue weighted by atomic mass is 32.2. The van der Waals surface area contributed by atoms with Gasteiger partial charge in [-0.05, 0) is 18.9 Å². The minimum absolute atomic E-state index is 0.00942. The molecule has 0 atom stereocenters. The molecular weight excluding hydrogens is 348 g/mol. The molecule has 0 spiro atoms. The molecule has 0 aliphatic heterocycles. The van der Waals surface area contributed by atoms with Gasteiger partial charge < -0.3 is 10.3 Å². The maximum absolute atomic E-state index is 12.7. The summed E-state index contributed by atoms with van der Waals surface area (Å²) in [6.07, 6.45) is 5.76. The second-order valence-electron chi connectivity index (χ2n) is 6.84. The second kappa shape index (κ2) is 7.15. The number of aromatic nitrogens is 3. The van der Waals surface area contributed by atoms with Crippen molar-refractivity contribution in [3.63, 3.8) is 0 Å². The zero-order valence-electron chi connectivity index (χ0n) is 14.7. The molecule has 0 radical (unpaired) electrons. The Hall–Kier alpha value is -2.28. The Morgan fingerprint density at radius 1 is 1.31 bits per heavy atom. The van der Waals surface area contributed by atoms with E-state index >= 15 is 0 Å². The molecule has 1 aliphatic rings. The first-order valence-corrected chi connectivity index (χ1v) is 10.0. The van der Waals surface area contributed by atoms with E-state index < -0.39 is 0 Å². The number of nitrogens with one attached hydrogen (secondary N) is 2. The predicted octanol–water partition coefficient (Wildman–Crippen LogP) is 2.96. The van der Waals surface area contributed by atoms with Gasteiger partial charge in [-0.3, -0.25) is 14.2 Å². The van der Waals surface area contributed by atoms with Crippen LogP contribution in [0.25, 0.3) is 21.9 Å². The summed E-state index contributed by atoms with van der Waals surface area (Å²) in [5.74, 6) is 0.278. The summed E-state index contributed by atoms with van der Waals surface area (Å²) in [6, 6.07) is 8.03. The van der Waals surface area contributed by atoms with Crippen LogP contribution in [-0.4, -0.2) is 32.2 Å². The Morgan fingerprint density at radius 3 is 2.88 bits per heavy atom. The molecule has 0 saturated heterocycles. The Morgan fingerprint density at radius 2 is 2.08 bits per heavy atom. The van der Waals surface area contributed by atoms with E-state index in [0.717, 1.165) is 23.7 Å². The summed E-state index contributed by atoms with van der Waals surface area (Å²) < 4.78 is 1.51. The largest absolute Gasteiger partial charge is 0.353 e. The van der Waals surface area contributed by atoms with Gasteiger partial charge in [0.15, 0.2) is 5.16 Å². The lowest BCUT2D eigenvalue weighted by molar-refractivity contribution is -0.119. The number of hydrogen-bond acceptors (Lipinski definition) is 4. The number of thioether (sulfide) groups is 1. The first-order chi connectivity index (χ1) is 12.6. The molecular formula is C19H22N4O2S. The predicted molar refractivity (Wildman–Crippen MR) is 105 cm³/mol. The van der Waals surface area contributed by atoms with Crippen molar-refractivity contribution in [1.82, 2.24) is 19.9 Å². The molecule has 136 valence electrons. The molecule has 6 nitrogen and oxygen atoms in total. The van der Waals surface area contributed by atoms with Crippen molar-refractivity contribution in [3.8, 4) is 0 Å². The zero-order valence-corrected chi connectivity index (χ0v) is 15.6. The maximum atomic E-state index is 12.7. The van der Waals surface area contributed by atoms with Gasteiger partial charge in [-0.25, -0.2) is 4.98 Å². The zero-order chi connectivity index (χ0) is 18.1. The molecule has 7 heteroatoms. The molecule has 26 heavy (non-hydrogen) atoms. The highest BCUT2D eigenvalue weighted by Crippen LogP contribution is 2.24. The molecule has 2 heterocycles. The monoisotopic (exact) mass is 370 g/mol. The fourth-order valence-corrected chi connectivity index (χ4v) is 4.37. The van der Waals surface area contributed by atoms with Crippen LogP contribution in [-0.2, 0) is 11.8 Å². The van der Waals surface area contributed by atoms with Gasteiger partial charge in [0.05, 0.1) is 5.75 Å².